The molecule has 0 aromatic heterocycles. The quantitative estimate of drug-likeness (QED) is 0.738. The Bertz CT molecular complexity index is 194. The Hall–Kier alpha value is -0.120. The van der Waals surface area contributed by atoms with E-state index in [4.69, 9.17) is 4.74 Å². The summed E-state index contributed by atoms with van der Waals surface area (Å²) in [5.74, 6) is 0.966. The van der Waals surface area contributed by atoms with Crippen molar-refractivity contribution >= 4 is 0 Å². The Morgan fingerprint density at radius 1 is 1.40 bits per heavy atom. The molecule has 1 aliphatic heterocycles. The summed E-state index contributed by atoms with van der Waals surface area (Å²) >= 11 is 0. The van der Waals surface area contributed by atoms with Crippen LogP contribution in [0.2, 0.25) is 0 Å². The molecule has 0 spiro atoms. The third-order valence-corrected chi connectivity index (χ3v) is 3.81. The molecule has 0 amide bonds. The SMILES string of the molecule is CCC1CNC(C2CC2)CN1CCOC. The number of hydrogen-bond acceptors (Lipinski definition) is 3. The van der Waals surface area contributed by atoms with Crippen LogP contribution in [0.25, 0.3) is 0 Å². The lowest BCUT2D eigenvalue weighted by molar-refractivity contribution is 0.0803. The first-order valence-electron chi connectivity index (χ1n) is 6.31. The molecular formula is C12H24N2O. The van der Waals surface area contributed by atoms with Gasteiger partial charge in [-0.2, -0.15) is 0 Å². The Morgan fingerprint density at radius 2 is 2.20 bits per heavy atom. The van der Waals surface area contributed by atoms with Crippen LogP contribution < -0.4 is 5.32 Å². The highest BCUT2D eigenvalue weighted by atomic mass is 16.5. The third kappa shape index (κ3) is 2.92. The average Bonchev–Trinajstić information content (AvgIpc) is 3.09. The van der Waals surface area contributed by atoms with E-state index in [1.165, 1.54) is 32.4 Å². The lowest BCUT2D eigenvalue weighted by Gasteiger charge is -2.40. The van der Waals surface area contributed by atoms with Gasteiger partial charge in [0.15, 0.2) is 0 Å². The molecular weight excluding hydrogens is 188 g/mol. The zero-order chi connectivity index (χ0) is 10.7. The molecule has 0 radical (unpaired) electrons. The summed E-state index contributed by atoms with van der Waals surface area (Å²) < 4.78 is 5.19. The van der Waals surface area contributed by atoms with Gasteiger partial charge in [0.1, 0.15) is 0 Å². The maximum absolute atomic E-state index is 5.19. The van der Waals surface area contributed by atoms with Gasteiger partial charge in [0.05, 0.1) is 6.61 Å². The van der Waals surface area contributed by atoms with E-state index in [-0.39, 0.29) is 0 Å². The molecule has 0 aromatic rings. The molecule has 2 atom stereocenters. The van der Waals surface area contributed by atoms with E-state index in [1.54, 1.807) is 7.11 Å². The molecule has 15 heavy (non-hydrogen) atoms. The minimum Gasteiger partial charge on any atom is -0.383 e. The van der Waals surface area contributed by atoms with Crippen LogP contribution in [0.4, 0.5) is 0 Å². The third-order valence-electron chi connectivity index (χ3n) is 3.81. The van der Waals surface area contributed by atoms with E-state index < -0.39 is 0 Å². The summed E-state index contributed by atoms with van der Waals surface area (Å²) in [5.41, 5.74) is 0. The Kier molecular flexibility index (Phi) is 4.00. The highest BCUT2D eigenvalue weighted by molar-refractivity contribution is 4.94. The molecule has 0 aromatic carbocycles. The molecule has 2 unspecified atom stereocenters. The maximum Gasteiger partial charge on any atom is 0.0589 e. The van der Waals surface area contributed by atoms with E-state index >= 15 is 0 Å². The van der Waals surface area contributed by atoms with Gasteiger partial charge in [0, 0.05) is 38.8 Å². The maximum atomic E-state index is 5.19. The predicted octanol–water partition coefficient (Wildman–Crippen LogP) is 1.10. The van der Waals surface area contributed by atoms with Crippen molar-refractivity contribution in [1.82, 2.24) is 10.2 Å². The van der Waals surface area contributed by atoms with Gasteiger partial charge in [-0.05, 0) is 25.2 Å². The van der Waals surface area contributed by atoms with Gasteiger partial charge in [-0.15, -0.1) is 0 Å². The van der Waals surface area contributed by atoms with Crippen LogP contribution in [-0.4, -0.2) is 50.3 Å². The van der Waals surface area contributed by atoms with Gasteiger partial charge < -0.3 is 10.1 Å². The molecule has 2 fully saturated rings. The van der Waals surface area contributed by atoms with Crippen LogP contribution in [0.1, 0.15) is 26.2 Å². The van der Waals surface area contributed by atoms with Crippen molar-refractivity contribution in [2.24, 2.45) is 5.92 Å². The van der Waals surface area contributed by atoms with Crippen molar-refractivity contribution in [2.45, 2.75) is 38.3 Å². The minimum absolute atomic E-state index is 0.718. The zero-order valence-electron chi connectivity index (χ0n) is 10.0. The summed E-state index contributed by atoms with van der Waals surface area (Å²) in [6.45, 7) is 6.64. The number of piperazine rings is 1. The lowest BCUT2D eigenvalue weighted by Crippen LogP contribution is -2.57. The van der Waals surface area contributed by atoms with Crippen LogP contribution in [0, 0.1) is 5.92 Å². The molecule has 3 heteroatoms. The van der Waals surface area contributed by atoms with Crippen LogP contribution in [-0.2, 0) is 4.74 Å². The molecule has 1 N–H and O–H groups in total. The molecule has 2 rings (SSSR count). The Balaban J connectivity index is 1.83. The van der Waals surface area contributed by atoms with Gasteiger partial charge in [-0.25, -0.2) is 0 Å². The van der Waals surface area contributed by atoms with Crippen molar-refractivity contribution in [3.8, 4) is 0 Å². The standard InChI is InChI=1S/C12H24N2O/c1-3-11-8-13-12(10-4-5-10)9-14(11)6-7-15-2/h10-13H,3-9H2,1-2H3. The second-order valence-electron chi connectivity index (χ2n) is 4.90. The fourth-order valence-electron chi connectivity index (χ4n) is 2.58. The molecule has 3 nitrogen and oxygen atoms in total. The van der Waals surface area contributed by atoms with E-state index in [0.717, 1.165) is 31.2 Å². The molecule has 1 aliphatic carbocycles. The van der Waals surface area contributed by atoms with Crippen molar-refractivity contribution in [2.75, 3.05) is 33.4 Å². The highest BCUT2D eigenvalue weighted by Gasteiger charge is 2.36. The summed E-state index contributed by atoms with van der Waals surface area (Å²) in [6.07, 6.45) is 4.12. The van der Waals surface area contributed by atoms with Gasteiger partial charge in [-0.1, -0.05) is 6.92 Å². The lowest BCUT2D eigenvalue weighted by atomic mass is 10.0. The largest absolute Gasteiger partial charge is 0.383 e. The van der Waals surface area contributed by atoms with E-state index in [1.807, 2.05) is 0 Å². The van der Waals surface area contributed by atoms with Crippen molar-refractivity contribution in [3.05, 3.63) is 0 Å². The van der Waals surface area contributed by atoms with Crippen molar-refractivity contribution < 1.29 is 4.74 Å². The fourth-order valence-corrected chi connectivity index (χ4v) is 2.58. The molecule has 0 bridgehead atoms. The molecule has 1 saturated carbocycles. The van der Waals surface area contributed by atoms with Crippen LogP contribution in [0.5, 0.6) is 0 Å². The Morgan fingerprint density at radius 3 is 2.80 bits per heavy atom. The molecule has 2 aliphatic rings. The number of nitrogens with one attached hydrogen (secondary N) is 1. The summed E-state index contributed by atoms with van der Waals surface area (Å²) in [4.78, 5) is 2.61. The fraction of sp³-hybridized carbons (Fsp3) is 1.00. The van der Waals surface area contributed by atoms with Crippen molar-refractivity contribution in [3.63, 3.8) is 0 Å². The number of hydrogen-bond donors (Lipinski definition) is 1. The second-order valence-corrected chi connectivity index (χ2v) is 4.90. The number of nitrogens with zero attached hydrogens (tertiary/aromatic N) is 1. The number of rotatable bonds is 5. The van der Waals surface area contributed by atoms with Gasteiger partial charge in [0.25, 0.3) is 0 Å². The monoisotopic (exact) mass is 212 g/mol. The first-order valence-corrected chi connectivity index (χ1v) is 6.31. The van der Waals surface area contributed by atoms with Gasteiger partial charge >= 0.3 is 0 Å². The molecule has 1 heterocycles. The smallest absolute Gasteiger partial charge is 0.0589 e. The predicted molar refractivity (Wildman–Crippen MR) is 62.0 cm³/mol. The topological polar surface area (TPSA) is 24.5 Å². The molecule has 88 valence electrons. The van der Waals surface area contributed by atoms with E-state index in [2.05, 4.69) is 17.1 Å². The van der Waals surface area contributed by atoms with Crippen LogP contribution in [0.15, 0.2) is 0 Å². The first-order chi connectivity index (χ1) is 7.35. The normalized spacial score (nSPS) is 33.2. The molecule has 1 saturated heterocycles. The van der Waals surface area contributed by atoms with Gasteiger partial charge in [-0.3, -0.25) is 4.90 Å². The highest BCUT2D eigenvalue weighted by Crippen LogP contribution is 2.34. The number of methoxy groups -OCH3 is 1. The van der Waals surface area contributed by atoms with Crippen molar-refractivity contribution in [1.29, 1.82) is 0 Å². The number of ether oxygens (including phenoxy) is 1. The van der Waals surface area contributed by atoms with Gasteiger partial charge in [0.2, 0.25) is 0 Å². The van der Waals surface area contributed by atoms with E-state index in [9.17, 15) is 0 Å². The Labute approximate surface area is 93.2 Å². The first kappa shape index (κ1) is 11.4. The van der Waals surface area contributed by atoms with Crippen LogP contribution in [0.3, 0.4) is 0 Å². The van der Waals surface area contributed by atoms with Crippen LogP contribution >= 0.6 is 0 Å². The zero-order valence-corrected chi connectivity index (χ0v) is 10.0. The summed E-state index contributed by atoms with van der Waals surface area (Å²) in [7, 11) is 1.79. The summed E-state index contributed by atoms with van der Waals surface area (Å²) in [6, 6.07) is 1.47. The second kappa shape index (κ2) is 5.28. The summed E-state index contributed by atoms with van der Waals surface area (Å²) in [5, 5.41) is 3.71. The minimum atomic E-state index is 0.718. The van der Waals surface area contributed by atoms with E-state index in [0.29, 0.717) is 0 Å². The average molecular weight is 212 g/mol.